The van der Waals surface area contributed by atoms with Gasteiger partial charge in [-0.15, -0.1) is 10.2 Å². The quantitative estimate of drug-likeness (QED) is 0.554. The summed E-state index contributed by atoms with van der Waals surface area (Å²) in [5.41, 5.74) is 0. The maximum absolute atomic E-state index is 12.1. The van der Waals surface area contributed by atoms with Gasteiger partial charge in [0, 0.05) is 32.1 Å². The summed E-state index contributed by atoms with van der Waals surface area (Å²) >= 11 is 1.63. The van der Waals surface area contributed by atoms with E-state index in [2.05, 4.69) is 20.1 Å². The van der Waals surface area contributed by atoms with Gasteiger partial charge in [-0.2, -0.15) is 0 Å². The first-order valence-electron chi connectivity index (χ1n) is 9.33. The SMILES string of the molecule is CSc1nnc(CCCNC(=O)N2CCC(C(=O)O)C2)n1C1CCCC1. The van der Waals surface area contributed by atoms with E-state index >= 15 is 0 Å². The molecule has 2 heterocycles. The number of urea groups is 1. The second kappa shape index (κ2) is 8.75. The molecule has 1 aromatic rings. The monoisotopic (exact) mass is 381 g/mol. The topological polar surface area (TPSA) is 100 Å². The number of aromatic nitrogens is 3. The molecular weight excluding hydrogens is 354 g/mol. The molecule has 2 N–H and O–H groups in total. The normalized spacial score (nSPS) is 20.7. The molecule has 26 heavy (non-hydrogen) atoms. The van der Waals surface area contributed by atoms with Crippen molar-refractivity contribution in [2.24, 2.45) is 5.92 Å². The van der Waals surface area contributed by atoms with Crippen molar-refractivity contribution in [1.82, 2.24) is 25.0 Å². The molecule has 8 nitrogen and oxygen atoms in total. The fourth-order valence-electron chi connectivity index (χ4n) is 3.85. The Kier molecular flexibility index (Phi) is 6.39. The second-order valence-electron chi connectivity index (χ2n) is 7.02. The van der Waals surface area contributed by atoms with Crippen molar-refractivity contribution in [2.45, 2.75) is 56.1 Å². The minimum Gasteiger partial charge on any atom is -0.481 e. The van der Waals surface area contributed by atoms with Crippen LogP contribution < -0.4 is 5.32 Å². The summed E-state index contributed by atoms with van der Waals surface area (Å²) in [5, 5.41) is 21.6. The van der Waals surface area contributed by atoms with Crippen LogP contribution in [-0.2, 0) is 11.2 Å². The Labute approximate surface area is 157 Å². The smallest absolute Gasteiger partial charge is 0.317 e. The largest absolute Gasteiger partial charge is 0.481 e. The van der Waals surface area contributed by atoms with Crippen LogP contribution in [-0.4, -0.2) is 62.7 Å². The molecule has 2 amide bonds. The van der Waals surface area contributed by atoms with Gasteiger partial charge in [0.1, 0.15) is 5.82 Å². The van der Waals surface area contributed by atoms with Gasteiger partial charge >= 0.3 is 12.0 Å². The van der Waals surface area contributed by atoms with E-state index in [1.807, 2.05) is 6.26 Å². The van der Waals surface area contributed by atoms with Gasteiger partial charge in [-0.05, 0) is 31.9 Å². The number of carbonyl (C=O) groups excluding carboxylic acids is 1. The van der Waals surface area contributed by atoms with Crippen LogP contribution in [0.3, 0.4) is 0 Å². The number of nitrogens with zero attached hydrogens (tertiary/aromatic N) is 4. The standard InChI is InChI=1S/C17H27N5O3S/c1-26-17-20-19-14(22(17)13-5-2-3-6-13)7-4-9-18-16(25)21-10-8-12(11-21)15(23)24/h12-13H,2-11H2,1H3,(H,18,25)(H,23,24). The van der Waals surface area contributed by atoms with Crippen LogP contribution in [0.5, 0.6) is 0 Å². The van der Waals surface area contributed by atoms with Gasteiger partial charge in [0.15, 0.2) is 5.16 Å². The van der Waals surface area contributed by atoms with Gasteiger partial charge in [-0.1, -0.05) is 24.6 Å². The molecule has 1 aromatic heterocycles. The van der Waals surface area contributed by atoms with Gasteiger partial charge in [-0.25, -0.2) is 4.79 Å². The van der Waals surface area contributed by atoms with Crippen molar-refractivity contribution in [3.05, 3.63) is 5.82 Å². The lowest BCUT2D eigenvalue weighted by molar-refractivity contribution is -0.141. The van der Waals surface area contributed by atoms with Crippen molar-refractivity contribution in [2.75, 3.05) is 25.9 Å². The van der Waals surface area contributed by atoms with Gasteiger partial charge in [-0.3, -0.25) is 4.79 Å². The average molecular weight is 382 g/mol. The van der Waals surface area contributed by atoms with Gasteiger partial charge in [0.25, 0.3) is 0 Å². The summed E-state index contributed by atoms with van der Waals surface area (Å²) in [4.78, 5) is 24.7. The first kappa shape index (κ1) is 19.0. The average Bonchev–Trinajstić information content (AvgIpc) is 3.38. The predicted molar refractivity (Wildman–Crippen MR) is 98.3 cm³/mol. The van der Waals surface area contributed by atoms with Gasteiger partial charge in [0.2, 0.25) is 0 Å². The van der Waals surface area contributed by atoms with Crippen LogP contribution in [0.25, 0.3) is 0 Å². The van der Waals surface area contributed by atoms with E-state index < -0.39 is 11.9 Å². The van der Waals surface area contributed by atoms with Gasteiger partial charge in [0.05, 0.1) is 5.92 Å². The molecule has 2 aliphatic rings. The third kappa shape index (κ3) is 4.31. The lowest BCUT2D eigenvalue weighted by atomic mass is 10.1. The Bertz CT molecular complexity index is 644. The fraction of sp³-hybridized carbons (Fsp3) is 0.765. The van der Waals surface area contributed by atoms with Gasteiger partial charge < -0.3 is 19.9 Å². The van der Waals surface area contributed by atoms with Crippen molar-refractivity contribution >= 4 is 23.8 Å². The summed E-state index contributed by atoms with van der Waals surface area (Å²) in [6, 6.07) is 0.338. The summed E-state index contributed by atoms with van der Waals surface area (Å²) in [6.07, 6.45) is 9.04. The molecule has 9 heteroatoms. The molecule has 1 saturated heterocycles. The molecule has 1 saturated carbocycles. The summed E-state index contributed by atoms with van der Waals surface area (Å²) in [6.45, 7) is 1.36. The summed E-state index contributed by atoms with van der Waals surface area (Å²) in [7, 11) is 0. The Balaban J connectivity index is 1.46. The maximum atomic E-state index is 12.1. The van der Waals surface area contributed by atoms with E-state index in [4.69, 9.17) is 5.11 Å². The zero-order valence-electron chi connectivity index (χ0n) is 15.2. The number of hydrogen-bond acceptors (Lipinski definition) is 5. The van der Waals surface area contributed by atoms with Crippen LogP contribution in [0, 0.1) is 5.92 Å². The number of aryl methyl sites for hydroxylation is 1. The van der Waals surface area contributed by atoms with Crippen LogP contribution in [0.4, 0.5) is 4.79 Å². The zero-order chi connectivity index (χ0) is 18.5. The van der Waals surface area contributed by atoms with Crippen molar-refractivity contribution in [1.29, 1.82) is 0 Å². The van der Waals surface area contributed by atoms with Crippen molar-refractivity contribution in [3.63, 3.8) is 0 Å². The number of rotatable bonds is 7. The van der Waals surface area contributed by atoms with Crippen LogP contribution >= 0.6 is 11.8 Å². The third-order valence-corrected chi connectivity index (χ3v) is 5.93. The molecule has 1 aliphatic carbocycles. The van der Waals surface area contributed by atoms with Crippen LogP contribution in [0.2, 0.25) is 0 Å². The highest BCUT2D eigenvalue weighted by Gasteiger charge is 2.30. The minimum atomic E-state index is -0.823. The first-order chi connectivity index (χ1) is 12.6. The third-order valence-electron chi connectivity index (χ3n) is 5.29. The maximum Gasteiger partial charge on any atom is 0.317 e. The lowest BCUT2D eigenvalue weighted by Gasteiger charge is -2.17. The molecule has 1 atom stereocenters. The van der Waals surface area contributed by atoms with E-state index in [0.717, 1.165) is 23.8 Å². The number of hydrogen-bond donors (Lipinski definition) is 2. The van der Waals surface area contributed by atoms with E-state index in [1.165, 1.54) is 25.7 Å². The van der Waals surface area contributed by atoms with E-state index in [9.17, 15) is 9.59 Å². The summed E-state index contributed by atoms with van der Waals surface area (Å²) in [5.74, 6) is -0.255. The van der Waals surface area contributed by atoms with E-state index in [1.54, 1.807) is 16.7 Å². The number of nitrogens with one attached hydrogen (secondary N) is 1. The molecular formula is C17H27N5O3S. The molecule has 3 rings (SSSR count). The van der Waals surface area contributed by atoms with E-state index in [-0.39, 0.29) is 6.03 Å². The lowest BCUT2D eigenvalue weighted by Crippen LogP contribution is -2.39. The Morgan fingerprint density at radius 2 is 2.04 bits per heavy atom. The molecule has 144 valence electrons. The number of thioether (sulfide) groups is 1. The number of aliphatic carboxylic acids is 1. The highest BCUT2D eigenvalue weighted by atomic mass is 32.2. The Morgan fingerprint density at radius 1 is 1.27 bits per heavy atom. The number of carbonyl (C=O) groups is 2. The first-order valence-corrected chi connectivity index (χ1v) is 10.6. The molecule has 2 fully saturated rings. The highest BCUT2D eigenvalue weighted by molar-refractivity contribution is 7.98. The number of likely N-dealkylation sites (tertiary alicyclic amines) is 1. The second-order valence-corrected chi connectivity index (χ2v) is 7.79. The van der Waals surface area contributed by atoms with Crippen LogP contribution in [0.1, 0.15) is 50.4 Å². The van der Waals surface area contributed by atoms with Crippen molar-refractivity contribution < 1.29 is 14.7 Å². The molecule has 0 radical (unpaired) electrons. The zero-order valence-corrected chi connectivity index (χ0v) is 16.0. The summed E-state index contributed by atoms with van der Waals surface area (Å²) < 4.78 is 2.29. The number of carboxylic acids is 1. The molecule has 0 bridgehead atoms. The van der Waals surface area contributed by atoms with Crippen molar-refractivity contribution in [3.8, 4) is 0 Å². The fourth-order valence-corrected chi connectivity index (χ4v) is 4.42. The molecule has 0 aromatic carbocycles. The molecule has 0 spiro atoms. The number of carboxylic acid groups (broad SMARTS) is 1. The Morgan fingerprint density at radius 3 is 2.69 bits per heavy atom. The minimum absolute atomic E-state index is 0.171. The molecule has 1 unspecified atom stereocenters. The molecule has 1 aliphatic heterocycles. The number of amides is 2. The highest BCUT2D eigenvalue weighted by Crippen LogP contribution is 2.33. The predicted octanol–water partition coefficient (Wildman–Crippen LogP) is 2.16. The van der Waals surface area contributed by atoms with E-state index in [0.29, 0.717) is 32.1 Å². The Hall–Kier alpha value is -1.77. The van der Waals surface area contributed by atoms with Crippen LogP contribution in [0.15, 0.2) is 5.16 Å².